The fourth-order valence-corrected chi connectivity index (χ4v) is 3.12. The fraction of sp³-hybridized carbons (Fsp3) is 0.500. The second-order valence-corrected chi connectivity index (χ2v) is 6.54. The number of benzene rings is 1. The van der Waals surface area contributed by atoms with Crippen molar-refractivity contribution in [2.24, 2.45) is 5.92 Å². The summed E-state index contributed by atoms with van der Waals surface area (Å²) in [6.07, 6.45) is 4.11. The molecule has 0 bridgehead atoms. The summed E-state index contributed by atoms with van der Waals surface area (Å²) in [5.74, 6) is -2.07. The van der Waals surface area contributed by atoms with E-state index in [1.54, 1.807) is 12.1 Å². The van der Waals surface area contributed by atoms with Gasteiger partial charge in [0.15, 0.2) is 0 Å². The largest absolute Gasteiger partial charge is 0.481 e. The molecule has 6 heteroatoms. The average Bonchev–Trinajstić information content (AvgIpc) is 2.68. The molecule has 0 heterocycles. The molecule has 0 unspecified atom stereocenters. The molecular weight excluding hydrogens is 353 g/mol. The summed E-state index contributed by atoms with van der Waals surface area (Å²) in [5.41, 5.74) is 0.568. The van der Waals surface area contributed by atoms with Crippen LogP contribution in [0.25, 0.3) is 0 Å². The van der Waals surface area contributed by atoms with Gasteiger partial charge in [-0.2, -0.15) is 0 Å². The molecule has 0 aromatic heterocycles. The van der Waals surface area contributed by atoms with Gasteiger partial charge in [-0.25, -0.2) is 4.39 Å². The lowest BCUT2D eigenvalue weighted by Gasteiger charge is -2.22. The Kier molecular flexibility index (Phi) is 5.94. The molecule has 0 radical (unpaired) electrons. The molecule has 4 nitrogen and oxygen atoms in total. The summed E-state index contributed by atoms with van der Waals surface area (Å²) in [6, 6.07) is 4.21. The summed E-state index contributed by atoms with van der Waals surface area (Å²) in [6.45, 7) is 0. The van der Waals surface area contributed by atoms with Crippen LogP contribution >= 0.6 is 15.9 Å². The number of rotatable bonds is 4. The van der Waals surface area contributed by atoms with Crippen LogP contribution in [0.4, 0.5) is 4.39 Å². The minimum absolute atomic E-state index is 0.0486. The first kappa shape index (κ1) is 16.9. The molecule has 1 aliphatic carbocycles. The van der Waals surface area contributed by atoms with Crippen molar-refractivity contribution < 1.29 is 19.1 Å². The van der Waals surface area contributed by atoms with Crippen molar-refractivity contribution in [2.45, 2.75) is 44.6 Å². The first-order valence-electron chi connectivity index (χ1n) is 7.43. The van der Waals surface area contributed by atoms with Crippen molar-refractivity contribution >= 4 is 27.8 Å². The molecule has 1 fully saturated rings. The van der Waals surface area contributed by atoms with Gasteiger partial charge in [-0.1, -0.05) is 25.3 Å². The Labute approximate surface area is 137 Å². The zero-order valence-electron chi connectivity index (χ0n) is 12.1. The topological polar surface area (TPSA) is 66.4 Å². The molecule has 1 aromatic carbocycles. The summed E-state index contributed by atoms with van der Waals surface area (Å²) < 4.78 is 13.8. The Morgan fingerprint density at radius 3 is 2.68 bits per heavy atom. The van der Waals surface area contributed by atoms with Crippen LogP contribution in [0.3, 0.4) is 0 Å². The third-order valence-electron chi connectivity index (χ3n) is 4.03. The second-order valence-electron chi connectivity index (χ2n) is 5.68. The van der Waals surface area contributed by atoms with E-state index in [-0.39, 0.29) is 18.4 Å². The van der Waals surface area contributed by atoms with E-state index in [0.717, 1.165) is 19.3 Å². The van der Waals surface area contributed by atoms with Crippen LogP contribution in [0.1, 0.15) is 37.7 Å². The summed E-state index contributed by atoms with van der Waals surface area (Å²) in [5, 5.41) is 12.1. The van der Waals surface area contributed by atoms with E-state index in [1.807, 2.05) is 0 Å². The van der Waals surface area contributed by atoms with Crippen molar-refractivity contribution in [1.82, 2.24) is 5.32 Å². The molecule has 1 aromatic rings. The van der Waals surface area contributed by atoms with Crippen molar-refractivity contribution in [1.29, 1.82) is 0 Å². The van der Waals surface area contributed by atoms with Gasteiger partial charge in [0, 0.05) is 6.04 Å². The lowest BCUT2D eigenvalue weighted by Crippen LogP contribution is -2.43. The van der Waals surface area contributed by atoms with Crippen molar-refractivity contribution in [2.75, 3.05) is 0 Å². The van der Waals surface area contributed by atoms with Gasteiger partial charge in [-0.3, -0.25) is 9.59 Å². The highest BCUT2D eigenvalue weighted by Gasteiger charge is 2.30. The van der Waals surface area contributed by atoms with E-state index >= 15 is 0 Å². The number of hydrogen-bond acceptors (Lipinski definition) is 2. The first-order chi connectivity index (χ1) is 10.5. The Hall–Kier alpha value is -1.43. The minimum atomic E-state index is -0.859. The average molecular weight is 372 g/mol. The zero-order valence-corrected chi connectivity index (χ0v) is 13.7. The van der Waals surface area contributed by atoms with Gasteiger partial charge >= 0.3 is 5.97 Å². The van der Waals surface area contributed by atoms with Crippen molar-refractivity contribution in [3.05, 3.63) is 34.1 Å². The summed E-state index contributed by atoms with van der Waals surface area (Å²) in [4.78, 5) is 23.5. The monoisotopic (exact) mass is 371 g/mol. The van der Waals surface area contributed by atoms with Gasteiger partial charge in [0.1, 0.15) is 5.82 Å². The molecule has 22 heavy (non-hydrogen) atoms. The molecule has 0 saturated heterocycles. The molecule has 120 valence electrons. The van der Waals surface area contributed by atoms with Crippen LogP contribution in [-0.2, 0) is 16.0 Å². The molecule has 0 spiro atoms. The predicted molar refractivity (Wildman–Crippen MR) is 83.9 cm³/mol. The van der Waals surface area contributed by atoms with Crippen molar-refractivity contribution in [3.63, 3.8) is 0 Å². The summed E-state index contributed by atoms with van der Waals surface area (Å²) in [7, 11) is 0. The molecule has 2 rings (SSSR count). The maximum absolute atomic E-state index is 13.5. The smallest absolute Gasteiger partial charge is 0.308 e. The van der Waals surface area contributed by atoms with Crippen LogP contribution in [0.15, 0.2) is 22.7 Å². The van der Waals surface area contributed by atoms with E-state index in [0.29, 0.717) is 22.9 Å². The highest BCUT2D eigenvalue weighted by molar-refractivity contribution is 9.10. The van der Waals surface area contributed by atoms with E-state index in [9.17, 15) is 19.1 Å². The number of halogens is 2. The molecule has 0 aliphatic heterocycles. The van der Waals surface area contributed by atoms with Crippen LogP contribution in [-0.4, -0.2) is 23.0 Å². The number of carboxylic acids is 1. The molecular formula is C16H19BrFNO3. The maximum Gasteiger partial charge on any atom is 0.308 e. The van der Waals surface area contributed by atoms with E-state index in [4.69, 9.17) is 0 Å². The van der Waals surface area contributed by atoms with Crippen LogP contribution in [0.2, 0.25) is 0 Å². The van der Waals surface area contributed by atoms with Gasteiger partial charge in [-0.05, 0) is 46.5 Å². The Morgan fingerprint density at radius 1 is 1.27 bits per heavy atom. The number of hydrogen-bond donors (Lipinski definition) is 2. The quantitative estimate of drug-likeness (QED) is 0.798. The number of carbonyl (C=O) groups is 2. The van der Waals surface area contributed by atoms with E-state index < -0.39 is 17.7 Å². The van der Waals surface area contributed by atoms with Gasteiger partial charge in [0.2, 0.25) is 5.91 Å². The van der Waals surface area contributed by atoms with E-state index in [2.05, 4.69) is 21.2 Å². The van der Waals surface area contributed by atoms with Crippen LogP contribution < -0.4 is 5.32 Å². The first-order valence-corrected chi connectivity index (χ1v) is 8.23. The standard InChI is InChI=1S/C16H19BrFNO3/c17-12-7-6-10(8-13(12)18)9-15(20)19-14-5-3-1-2-4-11(14)16(21)22/h6-8,11,14H,1-5,9H2,(H,19,20)(H,21,22)/t11-,14+/m1/s1. The highest BCUT2D eigenvalue weighted by Crippen LogP contribution is 2.24. The number of amides is 1. The van der Waals surface area contributed by atoms with Crippen LogP contribution in [0, 0.1) is 11.7 Å². The van der Waals surface area contributed by atoms with Crippen LogP contribution in [0.5, 0.6) is 0 Å². The number of nitrogens with one attached hydrogen (secondary N) is 1. The molecule has 2 N–H and O–H groups in total. The number of carbonyl (C=O) groups excluding carboxylic acids is 1. The van der Waals surface area contributed by atoms with E-state index in [1.165, 1.54) is 6.07 Å². The Morgan fingerprint density at radius 2 is 2.00 bits per heavy atom. The maximum atomic E-state index is 13.5. The van der Waals surface area contributed by atoms with Gasteiger partial charge < -0.3 is 10.4 Å². The van der Waals surface area contributed by atoms with Gasteiger partial charge in [-0.15, -0.1) is 0 Å². The van der Waals surface area contributed by atoms with Crippen molar-refractivity contribution in [3.8, 4) is 0 Å². The van der Waals surface area contributed by atoms with Gasteiger partial charge in [0.25, 0.3) is 0 Å². The second kappa shape index (κ2) is 7.72. The molecule has 1 saturated carbocycles. The minimum Gasteiger partial charge on any atom is -0.481 e. The lowest BCUT2D eigenvalue weighted by molar-refractivity contribution is -0.143. The summed E-state index contributed by atoms with van der Waals surface area (Å²) >= 11 is 3.07. The molecule has 1 amide bonds. The normalized spacial score (nSPS) is 21.9. The predicted octanol–water partition coefficient (Wildman–Crippen LogP) is 3.28. The lowest BCUT2D eigenvalue weighted by atomic mass is 9.94. The number of carboxylic acid groups (broad SMARTS) is 1. The Bertz CT molecular complexity index is 564. The number of aliphatic carboxylic acids is 1. The molecule has 1 aliphatic rings. The highest BCUT2D eigenvalue weighted by atomic mass is 79.9. The third-order valence-corrected chi connectivity index (χ3v) is 4.67. The third kappa shape index (κ3) is 4.53. The zero-order chi connectivity index (χ0) is 16.1. The SMILES string of the molecule is O=C(Cc1ccc(Br)c(F)c1)N[C@H]1CCCCC[C@H]1C(=O)O. The fourth-order valence-electron chi connectivity index (χ4n) is 2.87. The van der Waals surface area contributed by atoms with Gasteiger partial charge in [0.05, 0.1) is 16.8 Å². The molecule has 2 atom stereocenters. The Balaban J connectivity index is 1.99.